The number of esters is 2. The molecule has 0 radical (unpaired) electrons. The zero-order valence-electron chi connectivity index (χ0n) is 18.6. The van der Waals surface area contributed by atoms with Crippen molar-refractivity contribution >= 4 is 11.9 Å². The summed E-state index contributed by atoms with van der Waals surface area (Å²) in [6.45, 7) is 2.09. The Bertz CT molecular complexity index is 625. The van der Waals surface area contributed by atoms with Crippen LogP contribution in [0.4, 0.5) is 0 Å². The molecule has 2 aliphatic rings. The first kappa shape index (κ1) is 22.8. The standard InChI is InChI=1S/C26H38O4/c1-2-3-19-26(20-21-13-7-4-8-14-21,24(27)29-22-15-9-5-10-16-22)25(28)30-23-17-11-6-12-18-23/h4,7-8,13-14,22-23H,2-3,5-6,9-12,15-20H2,1H3. The van der Waals surface area contributed by atoms with Crippen LogP contribution in [0.15, 0.2) is 30.3 Å². The van der Waals surface area contributed by atoms with Gasteiger partial charge in [-0.1, -0.05) is 62.9 Å². The van der Waals surface area contributed by atoms with Gasteiger partial charge in [-0.25, -0.2) is 0 Å². The first-order valence-corrected chi connectivity index (χ1v) is 12.1. The number of hydrogen-bond donors (Lipinski definition) is 0. The maximum absolute atomic E-state index is 13.6. The van der Waals surface area contributed by atoms with E-state index >= 15 is 0 Å². The molecule has 30 heavy (non-hydrogen) atoms. The zero-order chi connectivity index (χ0) is 21.2. The van der Waals surface area contributed by atoms with Crippen LogP contribution in [-0.4, -0.2) is 24.1 Å². The summed E-state index contributed by atoms with van der Waals surface area (Å²) in [6.07, 6.45) is 12.8. The molecule has 0 N–H and O–H groups in total. The van der Waals surface area contributed by atoms with Gasteiger partial charge in [0.2, 0.25) is 0 Å². The molecular formula is C26H38O4. The molecule has 0 spiro atoms. The van der Waals surface area contributed by atoms with Crippen LogP contribution in [0.3, 0.4) is 0 Å². The molecule has 0 aromatic heterocycles. The highest BCUT2D eigenvalue weighted by Gasteiger charge is 2.50. The second-order valence-corrected chi connectivity index (χ2v) is 9.18. The topological polar surface area (TPSA) is 52.6 Å². The van der Waals surface area contributed by atoms with Gasteiger partial charge in [-0.3, -0.25) is 9.59 Å². The minimum absolute atomic E-state index is 0.0643. The number of benzene rings is 1. The fraction of sp³-hybridized carbons (Fsp3) is 0.692. The van der Waals surface area contributed by atoms with E-state index < -0.39 is 5.41 Å². The number of hydrogen-bond acceptors (Lipinski definition) is 4. The molecule has 1 aromatic carbocycles. The second-order valence-electron chi connectivity index (χ2n) is 9.18. The van der Waals surface area contributed by atoms with Crippen LogP contribution in [-0.2, 0) is 25.5 Å². The van der Waals surface area contributed by atoms with E-state index in [9.17, 15) is 9.59 Å². The maximum atomic E-state index is 13.6. The minimum atomic E-state index is -1.24. The summed E-state index contributed by atoms with van der Waals surface area (Å²) >= 11 is 0. The van der Waals surface area contributed by atoms with Crippen molar-refractivity contribution in [3.8, 4) is 0 Å². The van der Waals surface area contributed by atoms with Gasteiger partial charge in [-0.2, -0.15) is 0 Å². The van der Waals surface area contributed by atoms with E-state index in [0.717, 1.165) is 69.8 Å². The van der Waals surface area contributed by atoms with Crippen molar-refractivity contribution in [3.63, 3.8) is 0 Å². The van der Waals surface area contributed by atoms with Crippen molar-refractivity contribution in [2.24, 2.45) is 5.41 Å². The van der Waals surface area contributed by atoms with Crippen molar-refractivity contribution in [2.75, 3.05) is 0 Å². The Hall–Kier alpha value is -1.84. The van der Waals surface area contributed by atoms with Gasteiger partial charge in [-0.05, 0) is 69.8 Å². The number of carbonyl (C=O) groups excluding carboxylic acids is 2. The number of ether oxygens (including phenoxy) is 2. The van der Waals surface area contributed by atoms with E-state index in [1.807, 2.05) is 30.3 Å². The van der Waals surface area contributed by atoms with Crippen molar-refractivity contribution in [1.29, 1.82) is 0 Å². The molecule has 0 heterocycles. The second kappa shape index (κ2) is 11.5. The first-order valence-electron chi connectivity index (χ1n) is 12.1. The summed E-state index contributed by atoms with van der Waals surface area (Å²) in [5, 5.41) is 0. The molecule has 0 unspecified atom stereocenters. The summed E-state index contributed by atoms with van der Waals surface area (Å²) in [7, 11) is 0. The molecule has 166 valence electrons. The van der Waals surface area contributed by atoms with Crippen molar-refractivity contribution in [1.82, 2.24) is 0 Å². The SMILES string of the molecule is CCCCC(Cc1ccccc1)(C(=O)OC1CCCCC1)C(=O)OC1CCCCC1. The molecule has 0 aliphatic heterocycles. The minimum Gasteiger partial charge on any atom is -0.462 e. The lowest BCUT2D eigenvalue weighted by Crippen LogP contribution is -2.46. The van der Waals surface area contributed by atoms with Gasteiger partial charge in [0.05, 0.1) is 0 Å². The van der Waals surface area contributed by atoms with Crippen LogP contribution in [0.2, 0.25) is 0 Å². The van der Waals surface area contributed by atoms with Gasteiger partial charge in [0.1, 0.15) is 12.2 Å². The summed E-state index contributed by atoms with van der Waals surface area (Å²) in [6, 6.07) is 9.85. The third kappa shape index (κ3) is 6.09. The predicted molar refractivity (Wildman–Crippen MR) is 118 cm³/mol. The predicted octanol–water partition coefficient (Wildman–Crippen LogP) is 6.16. The summed E-state index contributed by atoms with van der Waals surface area (Å²) < 4.78 is 12.0. The van der Waals surface area contributed by atoms with Crippen LogP contribution in [0.5, 0.6) is 0 Å². The van der Waals surface area contributed by atoms with Gasteiger partial charge in [-0.15, -0.1) is 0 Å². The summed E-state index contributed by atoms with van der Waals surface area (Å²) in [5.74, 6) is -0.736. The fourth-order valence-corrected chi connectivity index (χ4v) is 4.84. The van der Waals surface area contributed by atoms with Crippen molar-refractivity contribution < 1.29 is 19.1 Å². The van der Waals surface area contributed by atoms with E-state index in [2.05, 4.69) is 6.92 Å². The van der Waals surface area contributed by atoms with Crippen LogP contribution in [0.25, 0.3) is 0 Å². The van der Waals surface area contributed by atoms with E-state index in [0.29, 0.717) is 12.8 Å². The largest absolute Gasteiger partial charge is 0.462 e. The first-order chi connectivity index (χ1) is 14.6. The van der Waals surface area contributed by atoms with Crippen LogP contribution < -0.4 is 0 Å². The molecule has 4 heteroatoms. The Morgan fingerprint density at radius 1 is 0.833 bits per heavy atom. The van der Waals surface area contributed by atoms with Gasteiger partial charge in [0.25, 0.3) is 0 Å². The molecule has 4 nitrogen and oxygen atoms in total. The van der Waals surface area contributed by atoms with Gasteiger partial charge >= 0.3 is 11.9 Å². The third-order valence-corrected chi connectivity index (χ3v) is 6.74. The van der Waals surface area contributed by atoms with Gasteiger partial charge < -0.3 is 9.47 Å². The molecule has 2 saturated carbocycles. The highest BCUT2D eigenvalue weighted by Crippen LogP contribution is 2.36. The Kier molecular flexibility index (Phi) is 8.77. The quantitative estimate of drug-likeness (QED) is 0.359. The zero-order valence-corrected chi connectivity index (χ0v) is 18.6. The average Bonchev–Trinajstić information content (AvgIpc) is 2.78. The lowest BCUT2D eigenvalue weighted by atomic mass is 9.77. The highest BCUT2D eigenvalue weighted by molar-refractivity contribution is 6.00. The normalized spacial score (nSPS) is 18.7. The fourth-order valence-electron chi connectivity index (χ4n) is 4.84. The van der Waals surface area contributed by atoms with Crippen molar-refractivity contribution in [3.05, 3.63) is 35.9 Å². The Morgan fingerprint density at radius 2 is 1.33 bits per heavy atom. The Morgan fingerprint density at radius 3 is 1.80 bits per heavy atom. The van der Waals surface area contributed by atoms with Crippen molar-refractivity contribution in [2.45, 2.75) is 109 Å². The number of rotatable bonds is 9. The molecule has 1 aromatic rings. The Labute approximate surface area is 181 Å². The van der Waals surface area contributed by atoms with E-state index in [1.54, 1.807) is 0 Å². The molecule has 0 amide bonds. The lowest BCUT2D eigenvalue weighted by Gasteiger charge is -2.34. The summed E-state index contributed by atoms with van der Waals surface area (Å²) in [5.41, 5.74) is -0.263. The lowest BCUT2D eigenvalue weighted by molar-refractivity contribution is -0.181. The number of unbranched alkanes of at least 4 members (excludes halogenated alkanes) is 1. The average molecular weight is 415 g/mol. The molecule has 0 bridgehead atoms. The smallest absolute Gasteiger partial charge is 0.324 e. The number of carbonyl (C=O) groups is 2. The Balaban J connectivity index is 1.85. The van der Waals surface area contributed by atoms with Gasteiger partial charge in [0, 0.05) is 0 Å². The molecule has 3 rings (SSSR count). The van der Waals surface area contributed by atoms with E-state index in [-0.39, 0.29) is 24.1 Å². The summed E-state index contributed by atoms with van der Waals surface area (Å²) in [4.78, 5) is 27.2. The van der Waals surface area contributed by atoms with Crippen LogP contribution in [0, 0.1) is 5.41 Å². The van der Waals surface area contributed by atoms with E-state index in [1.165, 1.54) is 12.8 Å². The molecule has 0 atom stereocenters. The van der Waals surface area contributed by atoms with Crippen LogP contribution in [0.1, 0.15) is 96.0 Å². The molecule has 0 saturated heterocycles. The third-order valence-electron chi connectivity index (χ3n) is 6.74. The van der Waals surface area contributed by atoms with E-state index in [4.69, 9.17) is 9.47 Å². The van der Waals surface area contributed by atoms with Gasteiger partial charge in [0.15, 0.2) is 5.41 Å². The molecular weight excluding hydrogens is 376 g/mol. The molecule has 2 fully saturated rings. The highest BCUT2D eigenvalue weighted by atomic mass is 16.6. The maximum Gasteiger partial charge on any atom is 0.324 e. The molecule has 2 aliphatic carbocycles. The van der Waals surface area contributed by atoms with Crippen LogP contribution >= 0.6 is 0 Å². The monoisotopic (exact) mass is 414 g/mol.